The fraction of sp³-hybridized carbons (Fsp3) is 0. The summed E-state index contributed by atoms with van der Waals surface area (Å²) in [6.45, 7) is 0. The third-order valence-corrected chi connectivity index (χ3v) is 3.22. The van der Waals surface area contributed by atoms with E-state index >= 15 is 0 Å². The van der Waals surface area contributed by atoms with Gasteiger partial charge in [-0.3, -0.25) is 0 Å². The minimum absolute atomic E-state index is 0.0806. The molecule has 114 valence electrons. The van der Waals surface area contributed by atoms with Gasteiger partial charge in [0.25, 0.3) is 5.95 Å². The van der Waals surface area contributed by atoms with Crippen LogP contribution in [0, 0.1) is 0 Å². The van der Waals surface area contributed by atoms with Crippen molar-refractivity contribution in [2.75, 3.05) is 5.43 Å². The molecule has 23 heavy (non-hydrogen) atoms. The Balaban J connectivity index is 1.76. The van der Waals surface area contributed by atoms with Crippen LogP contribution in [0.25, 0.3) is 11.3 Å². The van der Waals surface area contributed by atoms with Gasteiger partial charge in [-0.2, -0.15) is 10.2 Å². The molecular formula is C16H12ClN5O. The highest BCUT2D eigenvalue weighted by atomic mass is 35.5. The molecule has 0 spiro atoms. The van der Waals surface area contributed by atoms with Crippen molar-refractivity contribution >= 4 is 23.8 Å². The third-order valence-electron chi connectivity index (χ3n) is 2.99. The molecule has 7 heteroatoms. The van der Waals surface area contributed by atoms with Crippen LogP contribution in [0.5, 0.6) is 5.75 Å². The Morgan fingerprint density at radius 3 is 2.78 bits per heavy atom. The van der Waals surface area contributed by atoms with Crippen molar-refractivity contribution in [3.63, 3.8) is 0 Å². The van der Waals surface area contributed by atoms with Crippen LogP contribution in [0.4, 0.5) is 5.95 Å². The predicted molar refractivity (Wildman–Crippen MR) is 89.6 cm³/mol. The molecule has 0 unspecified atom stereocenters. The van der Waals surface area contributed by atoms with Gasteiger partial charge in [0, 0.05) is 16.1 Å². The topological polar surface area (TPSA) is 83.3 Å². The lowest BCUT2D eigenvalue weighted by Gasteiger charge is -2.02. The van der Waals surface area contributed by atoms with E-state index in [0.29, 0.717) is 16.3 Å². The highest BCUT2D eigenvalue weighted by Crippen LogP contribution is 2.20. The molecule has 0 aliphatic rings. The van der Waals surface area contributed by atoms with Crippen LogP contribution in [-0.4, -0.2) is 26.5 Å². The standard InChI is InChI=1S/C16H12ClN5O/c17-13-6-7-15(23)12(8-13)9-18-21-16-20-14(10-19-22-16)11-4-2-1-3-5-11/h1-10,23H,(H,20,21,22)/b18-9+. The average Bonchev–Trinajstić information content (AvgIpc) is 2.59. The lowest BCUT2D eigenvalue weighted by Crippen LogP contribution is -2.00. The Kier molecular flexibility index (Phi) is 4.44. The molecular weight excluding hydrogens is 314 g/mol. The Labute approximate surface area is 137 Å². The van der Waals surface area contributed by atoms with E-state index in [2.05, 4.69) is 25.7 Å². The van der Waals surface area contributed by atoms with Crippen LogP contribution >= 0.6 is 11.6 Å². The molecule has 1 heterocycles. The molecule has 0 saturated heterocycles. The van der Waals surface area contributed by atoms with Crippen LogP contribution in [0.15, 0.2) is 59.8 Å². The van der Waals surface area contributed by atoms with Crippen molar-refractivity contribution < 1.29 is 5.11 Å². The SMILES string of the molecule is Oc1ccc(Cl)cc1/C=N/Nc1nncc(-c2ccccc2)n1. The average molecular weight is 326 g/mol. The lowest BCUT2D eigenvalue weighted by atomic mass is 10.2. The number of phenols is 1. The first-order valence-corrected chi connectivity index (χ1v) is 7.13. The number of halogens is 1. The van der Waals surface area contributed by atoms with Crippen LogP contribution in [0.1, 0.15) is 5.56 Å². The van der Waals surface area contributed by atoms with Gasteiger partial charge in [0.15, 0.2) is 0 Å². The fourth-order valence-corrected chi connectivity index (χ4v) is 2.07. The molecule has 2 N–H and O–H groups in total. The maximum Gasteiger partial charge on any atom is 0.263 e. The van der Waals surface area contributed by atoms with Crippen LogP contribution in [0.3, 0.4) is 0 Å². The molecule has 0 saturated carbocycles. The first-order valence-electron chi connectivity index (χ1n) is 6.75. The summed E-state index contributed by atoms with van der Waals surface area (Å²) >= 11 is 5.87. The number of aromatic nitrogens is 3. The van der Waals surface area contributed by atoms with E-state index in [1.54, 1.807) is 18.3 Å². The lowest BCUT2D eigenvalue weighted by molar-refractivity contribution is 0.474. The van der Waals surface area contributed by atoms with E-state index in [4.69, 9.17) is 11.6 Å². The Bertz CT molecular complexity index is 839. The Morgan fingerprint density at radius 2 is 1.96 bits per heavy atom. The number of nitrogens with zero attached hydrogens (tertiary/aromatic N) is 4. The van der Waals surface area contributed by atoms with Gasteiger partial charge in [0.1, 0.15) is 5.75 Å². The van der Waals surface area contributed by atoms with Gasteiger partial charge < -0.3 is 5.11 Å². The van der Waals surface area contributed by atoms with Gasteiger partial charge in [-0.1, -0.05) is 41.9 Å². The Morgan fingerprint density at radius 1 is 1.13 bits per heavy atom. The highest BCUT2D eigenvalue weighted by Gasteiger charge is 2.02. The summed E-state index contributed by atoms with van der Waals surface area (Å²) in [5.41, 5.74) is 4.78. The summed E-state index contributed by atoms with van der Waals surface area (Å²) in [7, 11) is 0. The molecule has 0 bridgehead atoms. The largest absolute Gasteiger partial charge is 0.507 e. The molecule has 1 aromatic heterocycles. The number of rotatable bonds is 4. The zero-order valence-electron chi connectivity index (χ0n) is 11.9. The predicted octanol–water partition coefficient (Wildman–Crippen LogP) is 3.34. The maximum absolute atomic E-state index is 9.70. The van der Waals surface area contributed by atoms with Gasteiger partial charge in [0.2, 0.25) is 0 Å². The number of aromatic hydroxyl groups is 1. The van der Waals surface area contributed by atoms with E-state index < -0.39 is 0 Å². The Hall–Kier alpha value is -2.99. The minimum atomic E-state index is 0.0806. The van der Waals surface area contributed by atoms with Crippen molar-refractivity contribution in [2.24, 2.45) is 5.10 Å². The zero-order valence-corrected chi connectivity index (χ0v) is 12.6. The quantitative estimate of drug-likeness (QED) is 0.567. The number of hydrazone groups is 1. The maximum atomic E-state index is 9.70. The van der Waals surface area contributed by atoms with Crippen molar-refractivity contribution in [1.29, 1.82) is 0 Å². The van der Waals surface area contributed by atoms with E-state index in [1.807, 2.05) is 30.3 Å². The molecule has 2 aromatic carbocycles. The summed E-state index contributed by atoms with van der Waals surface area (Å²) in [5, 5.41) is 22.0. The number of hydrogen-bond donors (Lipinski definition) is 2. The second kappa shape index (κ2) is 6.85. The van der Waals surface area contributed by atoms with Crippen molar-refractivity contribution in [3.05, 3.63) is 65.3 Å². The van der Waals surface area contributed by atoms with Crippen LogP contribution in [-0.2, 0) is 0 Å². The van der Waals surface area contributed by atoms with Gasteiger partial charge in [0.05, 0.1) is 18.1 Å². The normalized spacial score (nSPS) is 10.8. The van der Waals surface area contributed by atoms with Crippen molar-refractivity contribution in [1.82, 2.24) is 15.2 Å². The van der Waals surface area contributed by atoms with Gasteiger partial charge in [-0.05, 0) is 18.2 Å². The molecule has 6 nitrogen and oxygen atoms in total. The second-order valence-corrected chi connectivity index (χ2v) is 5.04. The summed E-state index contributed by atoms with van der Waals surface area (Å²) in [6, 6.07) is 14.3. The van der Waals surface area contributed by atoms with Gasteiger partial charge >= 0.3 is 0 Å². The summed E-state index contributed by atoms with van der Waals surface area (Å²) in [5.74, 6) is 0.334. The molecule has 0 aliphatic carbocycles. The van der Waals surface area contributed by atoms with E-state index in [9.17, 15) is 5.11 Å². The monoisotopic (exact) mass is 325 g/mol. The minimum Gasteiger partial charge on any atom is -0.507 e. The molecule has 0 amide bonds. The van der Waals surface area contributed by atoms with E-state index in [0.717, 1.165) is 5.56 Å². The summed E-state index contributed by atoms with van der Waals surface area (Å²) in [6.07, 6.45) is 3.01. The molecule has 0 radical (unpaired) electrons. The highest BCUT2D eigenvalue weighted by molar-refractivity contribution is 6.30. The number of nitrogens with one attached hydrogen (secondary N) is 1. The summed E-state index contributed by atoms with van der Waals surface area (Å²) in [4.78, 5) is 4.33. The van der Waals surface area contributed by atoms with E-state index in [-0.39, 0.29) is 11.7 Å². The number of hydrogen-bond acceptors (Lipinski definition) is 6. The molecule has 0 fully saturated rings. The van der Waals surface area contributed by atoms with Gasteiger partial charge in [-0.25, -0.2) is 10.4 Å². The number of benzene rings is 2. The molecule has 3 aromatic rings. The zero-order chi connectivity index (χ0) is 16.1. The smallest absolute Gasteiger partial charge is 0.263 e. The molecule has 3 rings (SSSR count). The van der Waals surface area contributed by atoms with Crippen LogP contribution in [0.2, 0.25) is 5.02 Å². The number of phenolic OH excluding ortho intramolecular Hbond substituents is 1. The van der Waals surface area contributed by atoms with Gasteiger partial charge in [-0.15, -0.1) is 5.10 Å². The third kappa shape index (κ3) is 3.81. The summed E-state index contributed by atoms with van der Waals surface area (Å²) < 4.78 is 0. The fourth-order valence-electron chi connectivity index (χ4n) is 1.89. The van der Waals surface area contributed by atoms with Crippen molar-refractivity contribution in [2.45, 2.75) is 0 Å². The molecule has 0 atom stereocenters. The first kappa shape index (κ1) is 14.9. The van der Waals surface area contributed by atoms with E-state index in [1.165, 1.54) is 12.3 Å². The van der Waals surface area contributed by atoms with Crippen molar-refractivity contribution in [3.8, 4) is 17.0 Å². The first-order chi connectivity index (χ1) is 11.2. The van der Waals surface area contributed by atoms with Crippen LogP contribution < -0.4 is 5.43 Å². The number of anilines is 1. The second-order valence-electron chi connectivity index (χ2n) is 4.60. The molecule has 0 aliphatic heterocycles.